The minimum absolute atomic E-state index is 0.0115. The van der Waals surface area contributed by atoms with Gasteiger partial charge in [-0.05, 0) is 31.4 Å². The molecule has 4 nitrogen and oxygen atoms in total. The van der Waals surface area contributed by atoms with Crippen LogP contribution in [0.25, 0.3) is 0 Å². The largest absolute Gasteiger partial charge is 0.390 e. The molecule has 126 valence electrons. The summed E-state index contributed by atoms with van der Waals surface area (Å²) in [7, 11) is 0. The van der Waals surface area contributed by atoms with Crippen molar-refractivity contribution in [1.82, 2.24) is 4.90 Å². The average molecular weight is 337 g/mol. The van der Waals surface area contributed by atoms with Crippen LogP contribution in [0.3, 0.4) is 0 Å². The quantitative estimate of drug-likeness (QED) is 0.887. The fourth-order valence-corrected chi connectivity index (χ4v) is 4.06. The smallest absolute Gasteiger partial charge is 0.225 e. The maximum atomic E-state index is 12.1. The number of likely N-dealkylation sites (tertiary alicyclic amines) is 1. The van der Waals surface area contributed by atoms with Crippen LogP contribution in [0.15, 0.2) is 24.3 Å². The molecule has 1 saturated carbocycles. The molecule has 1 amide bonds. The summed E-state index contributed by atoms with van der Waals surface area (Å²) < 4.78 is 0. The van der Waals surface area contributed by atoms with Crippen LogP contribution in [0.4, 0.5) is 5.69 Å². The second-order valence-electron chi connectivity index (χ2n) is 6.87. The molecule has 1 aliphatic heterocycles. The van der Waals surface area contributed by atoms with Crippen LogP contribution in [-0.2, 0) is 4.79 Å². The molecule has 2 fully saturated rings. The first-order valence-electron chi connectivity index (χ1n) is 8.56. The summed E-state index contributed by atoms with van der Waals surface area (Å²) in [4.78, 5) is 14.4. The number of carbonyl (C=O) groups excluding carboxylic acids is 1. The van der Waals surface area contributed by atoms with E-state index >= 15 is 0 Å². The van der Waals surface area contributed by atoms with E-state index in [1.165, 1.54) is 6.42 Å². The fourth-order valence-electron chi connectivity index (χ4n) is 3.88. The van der Waals surface area contributed by atoms with Crippen LogP contribution >= 0.6 is 11.6 Å². The number of para-hydroxylation sites is 1. The van der Waals surface area contributed by atoms with Crippen molar-refractivity contribution in [2.45, 2.75) is 44.1 Å². The summed E-state index contributed by atoms with van der Waals surface area (Å²) >= 11 is 6.06. The SMILES string of the molecule is O=C(CCN1CCC2(O)CCCCC2C1)Nc1ccccc1Cl. The maximum absolute atomic E-state index is 12.1. The van der Waals surface area contributed by atoms with Gasteiger partial charge in [0, 0.05) is 32.0 Å². The van der Waals surface area contributed by atoms with Crippen LogP contribution in [0.5, 0.6) is 0 Å². The molecule has 1 aromatic rings. The molecule has 1 heterocycles. The molecule has 2 unspecified atom stereocenters. The summed E-state index contributed by atoms with van der Waals surface area (Å²) in [5.74, 6) is 0.360. The van der Waals surface area contributed by atoms with Gasteiger partial charge in [0.15, 0.2) is 0 Å². The Balaban J connectivity index is 1.47. The molecule has 2 N–H and O–H groups in total. The van der Waals surface area contributed by atoms with Crippen molar-refractivity contribution >= 4 is 23.2 Å². The Labute approximate surface area is 142 Å². The number of rotatable bonds is 4. The van der Waals surface area contributed by atoms with E-state index in [1.807, 2.05) is 18.2 Å². The highest BCUT2D eigenvalue weighted by atomic mass is 35.5. The van der Waals surface area contributed by atoms with E-state index in [4.69, 9.17) is 11.6 Å². The predicted octanol–water partition coefficient (Wildman–Crippen LogP) is 3.30. The van der Waals surface area contributed by atoms with E-state index in [1.54, 1.807) is 6.07 Å². The molecule has 0 spiro atoms. The third-order valence-corrected chi connectivity index (χ3v) is 5.64. The molecule has 23 heavy (non-hydrogen) atoms. The van der Waals surface area contributed by atoms with Crippen LogP contribution in [-0.4, -0.2) is 41.1 Å². The molecule has 0 aromatic heterocycles. The Morgan fingerprint density at radius 1 is 1.35 bits per heavy atom. The zero-order valence-electron chi connectivity index (χ0n) is 13.4. The second kappa shape index (κ2) is 7.20. The molecule has 1 aromatic carbocycles. The number of aliphatic hydroxyl groups is 1. The maximum Gasteiger partial charge on any atom is 0.225 e. The van der Waals surface area contributed by atoms with Crippen molar-refractivity contribution in [3.8, 4) is 0 Å². The average Bonchev–Trinajstić information content (AvgIpc) is 2.55. The van der Waals surface area contributed by atoms with Gasteiger partial charge in [0.1, 0.15) is 0 Å². The van der Waals surface area contributed by atoms with Gasteiger partial charge in [0.2, 0.25) is 5.91 Å². The number of nitrogens with one attached hydrogen (secondary N) is 1. The predicted molar refractivity (Wildman–Crippen MR) is 92.7 cm³/mol. The van der Waals surface area contributed by atoms with Crippen molar-refractivity contribution in [2.24, 2.45) is 5.92 Å². The Bertz CT molecular complexity index is 566. The van der Waals surface area contributed by atoms with Crippen LogP contribution in [0.2, 0.25) is 5.02 Å². The Hall–Kier alpha value is -1.10. The van der Waals surface area contributed by atoms with E-state index < -0.39 is 5.60 Å². The number of halogens is 1. The third-order valence-electron chi connectivity index (χ3n) is 5.31. The van der Waals surface area contributed by atoms with Gasteiger partial charge in [-0.25, -0.2) is 0 Å². The van der Waals surface area contributed by atoms with E-state index in [0.717, 1.165) is 45.3 Å². The van der Waals surface area contributed by atoms with Gasteiger partial charge in [-0.15, -0.1) is 0 Å². The molecule has 3 rings (SSSR count). The van der Waals surface area contributed by atoms with E-state index in [2.05, 4.69) is 10.2 Å². The molecule has 1 saturated heterocycles. The van der Waals surface area contributed by atoms with Gasteiger partial charge in [0.25, 0.3) is 0 Å². The lowest BCUT2D eigenvalue weighted by Gasteiger charge is -2.47. The van der Waals surface area contributed by atoms with Crippen molar-refractivity contribution in [3.63, 3.8) is 0 Å². The van der Waals surface area contributed by atoms with Crippen molar-refractivity contribution in [1.29, 1.82) is 0 Å². The lowest BCUT2D eigenvalue weighted by Crippen LogP contribution is -2.53. The molecular formula is C18H25ClN2O2. The summed E-state index contributed by atoms with van der Waals surface area (Å²) in [6.07, 6.45) is 5.71. The lowest BCUT2D eigenvalue weighted by atomic mass is 9.71. The topological polar surface area (TPSA) is 52.6 Å². The molecule has 2 atom stereocenters. The minimum Gasteiger partial charge on any atom is -0.390 e. The first kappa shape index (κ1) is 16.7. The number of amides is 1. The number of nitrogens with zero attached hydrogens (tertiary/aromatic N) is 1. The molecule has 2 aliphatic rings. The lowest BCUT2D eigenvalue weighted by molar-refractivity contribution is -0.117. The van der Waals surface area contributed by atoms with Gasteiger partial charge < -0.3 is 15.3 Å². The highest BCUT2D eigenvalue weighted by Gasteiger charge is 2.42. The standard InChI is InChI=1S/C18H25ClN2O2/c19-15-6-1-2-7-16(15)20-17(22)8-11-21-12-10-18(23)9-4-3-5-14(18)13-21/h1-2,6-7,14,23H,3-5,8-13H2,(H,20,22). The molecule has 5 heteroatoms. The summed E-state index contributed by atoms with van der Waals surface area (Å²) in [5, 5.41) is 14.1. The van der Waals surface area contributed by atoms with Gasteiger partial charge in [0.05, 0.1) is 16.3 Å². The second-order valence-corrected chi connectivity index (χ2v) is 7.28. The van der Waals surface area contributed by atoms with Crippen molar-refractivity contribution in [2.75, 3.05) is 25.0 Å². The first-order chi connectivity index (χ1) is 11.1. The molecule has 0 radical (unpaired) electrons. The number of anilines is 1. The number of fused-ring (bicyclic) bond motifs is 1. The van der Waals surface area contributed by atoms with Crippen LogP contribution in [0.1, 0.15) is 38.5 Å². The van der Waals surface area contributed by atoms with Gasteiger partial charge >= 0.3 is 0 Å². The molecular weight excluding hydrogens is 312 g/mol. The number of carbonyl (C=O) groups is 1. The van der Waals surface area contributed by atoms with E-state index in [0.29, 0.717) is 23.0 Å². The third kappa shape index (κ3) is 4.06. The highest BCUT2D eigenvalue weighted by Crippen LogP contribution is 2.39. The van der Waals surface area contributed by atoms with Gasteiger partial charge in [-0.1, -0.05) is 36.6 Å². The Morgan fingerprint density at radius 2 is 2.17 bits per heavy atom. The number of benzene rings is 1. The Morgan fingerprint density at radius 3 is 3.00 bits per heavy atom. The number of piperidine rings is 1. The van der Waals surface area contributed by atoms with Crippen LogP contribution < -0.4 is 5.32 Å². The van der Waals surface area contributed by atoms with Crippen LogP contribution in [0, 0.1) is 5.92 Å². The van der Waals surface area contributed by atoms with Gasteiger partial charge in [-0.2, -0.15) is 0 Å². The zero-order valence-corrected chi connectivity index (χ0v) is 14.2. The van der Waals surface area contributed by atoms with Crippen molar-refractivity contribution < 1.29 is 9.90 Å². The van der Waals surface area contributed by atoms with Gasteiger partial charge in [-0.3, -0.25) is 4.79 Å². The first-order valence-corrected chi connectivity index (χ1v) is 8.94. The molecule has 1 aliphatic carbocycles. The monoisotopic (exact) mass is 336 g/mol. The Kier molecular flexibility index (Phi) is 5.24. The summed E-state index contributed by atoms with van der Waals surface area (Å²) in [6, 6.07) is 7.28. The number of hydrogen-bond donors (Lipinski definition) is 2. The number of hydrogen-bond acceptors (Lipinski definition) is 3. The van der Waals surface area contributed by atoms with E-state index in [-0.39, 0.29) is 5.91 Å². The summed E-state index contributed by atoms with van der Waals surface area (Å²) in [5.41, 5.74) is 0.216. The van der Waals surface area contributed by atoms with E-state index in [9.17, 15) is 9.90 Å². The normalized spacial score (nSPS) is 28.2. The van der Waals surface area contributed by atoms with Crippen molar-refractivity contribution in [3.05, 3.63) is 29.3 Å². The fraction of sp³-hybridized carbons (Fsp3) is 0.611. The minimum atomic E-state index is -0.450. The highest BCUT2D eigenvalue weighted by molar-refractivity contribution is 6.33. The summed E-state index contributed by atoms with van der Waals surface area (Å²) in [6.45, 7) is 2.53. The zero-order chi connectivity index (χ0) is 16.3. The molecule has 0 bridgehead atoms.